The number of amides is 1. The molecule has 5 atom stereocenters. The van der Waals surface area contributed by atoms with Crippen LogP contribution in [0.5, 0.6) is 0 Å². The lowest BCUT2D eigenvalue weighted by molar-refractivity contribution is -0.256. The Labute approximate surface area is 318 Å². The number of carbonyl (C=O) groups excluding carboxylic acids is 5. The first-order chi connectivity index (χ1) is 26.8. The summed E-state index contributed by atoms with van der Waals surface area (Å²) in [5.41, 5.74) is 1.06. The van der Waals surface area contributed by atoms with E-state index >= 15 is 0 Å². The molecule has 1 aliphatic rings. The van der Waals surface area contributed by atoms with E-state index in [0.717, 1.165) is 0 Å². The van der Waals surface area contributed by atoms with Crippen LogP contribution in [0, 0.1) is 0 Å². The zero-order valence-corrected chi connectivity index (χ0v) is 30.0. The molecule has 0 saturated carbocycles. The SMILES string of the molecule is CCCN(C(=O)c1ccccc1)[C@@H]1O[C@H](COC(=O)c2ccccc2)[C@@H](OC(=O)c2ccccc2)[C@H](OC(=O)c2ccccc2)[C@H]1OC(=O)c1ccccc1. The van der Waals surface area contributed by atoms with Crippen LogP contribution in [0.2, 0.25) is 0 Å². The first kappa shape index (κ1) is 38.1. The summed E-state index contributed by atoms with van der Waals surface area (Å²) in [6, 6.07) is 41.1. The van der Waals surface area contributed by atoms with E-state index in [1.54, 1.807) is 140 Å². The Kier molecular flexibility index (Phi) is 12.8. The summed E-state index contributed by atoms with van der Waals surface area (Å²) < 4.78 is 30.8. The molecule has 11 heteroatoms. The molecule has 5 aromatic carbocycles. The van der Waals surface area contributed by atoms with Crippen molar-refractivity contribution in [3.05, 3.63) is 179 Å². The molecule has 0 aliphatic carbocycles. The molecular formula is C44H39NO10. The molecule has 5 aromatic rings. The second-order valence-electron chi connectivity index (χ2n) is 12.6. The zero-order chi connectivity index (χ0) is 38.6. The molecule has 0 N–H and O–H groups in total. The van der Waals surface area contributed by atoms with Crippen LogP contribution in [-0.4, -0.2) is 78.5 Å². The van der Waals surface area contributed by atoms with E-state index in [1.807, 2.05) is 6.92 Å². The highest BCUT2D eigenvalue weighted by atomic mass is 16.7. The van der Waals surface area contributed by atoms with Gasteiger partial charge in [-0.25, -0.2) is 19.2 Å². The van der Waals surface area contributed by atoms with E-state index in [4.69, 9.17) is 23.7 Å². The number of carbonyl (C=O) groups is 5. The van der Waals surface area contributed by atoms with Crippen molar-refractivity contribution in [3.8, 4) is 0 Å². The van der Waals surface area contributed by atoms with Crippen LogP contribution in [0.1, 0.15) is 65.1 Å². The van der Waals surface area contributed by atoms with Crippen LogP contribution in [0.25, 0.3) is 0 Å². The van der Waals surface area contributed by atoms with Gasteiger partial charge in [0.05, 0.1) is 22.3 Å². The third-order valence-corrected chi connectivity index (χ3v) is 8.81. The third kappa shape index (κ3) is 9.51. The average molecular weight is 742 g/mol. The summed E-state index contributed by atoms with van der Waals surface area (Å²) in [5, 5.41) is 0. The second-order valence-corrected chi connectivity index (χ2v) is 12.6. The topological polar surface area (TPSA) is 135 Å². The number of esters is 4. The van der Waals surface area contributed by atoms with Crippen LogP contribution in [0.15, 0.2) is 152 Å². The molecule has 0 aromatic heterocycles. The minimum absolute atomic E-state index is 0.113. The van der Waals surface area contributed by atoms with E-state index in [9.17, 15) is 24.0 Å². The molecule has 1 fully saturated rings. The fraction of sp³-hybridized carbons (Fsp3) is 0.205. The largest absolute Gasteiger partial charge is 0.459 e. The molecule has 11 nitrogen and oxygen atoms in total. The lowest BCUT2D eigenvalue weighted by Gasteiger charge is -2.47. The molecule has 6 rings (SSSR count). The lowest BCUT2D eigenvalue weighted by atomic mass is 9.95. The Morgan fingerprint density at radius 3 is 1.27 bits per heavy atom. The van der Waals surface area contributed by atoms with E-state index in [1.165, 1.54) is 17.0 Å². The standard InChI is InChI=1S/C44H39NO10/c1-2-28-45(39(46)30-18-8-3-9-19-30)40-38(55-44(50)34-26-16-7-17-27-34)37(54-43(49)33-24-14-6-15-25-33)36(53-42(48)32-22-12-5-13-23-32)35(52-40)29-51-41(47)31-20-10-4-11-21-31/h3-27,35-38,40H,2,28-29H2,1H3/t35-,36-,37+,38-,40-/m1/s1. The van der Waals surface area contributed by atoms with Gasteiger partial charge < -0.3 is 28.6 Å². The predicted octanol–water partition coefficient (Wildman–Crippen LogP) is 6.80. The molecule has 0 radical (unpaired) electrons. The quantitative estimate of drug-likeness (QED) is 0.0937. The smallest absolute Gasteiger partial charge is 0.338 e. The van der Waals surface area contributed by atoms with Gasteiger partial charge in [0.25, 0.3) is 5.91 Å². The summed E-state index contributed by atoms with van der Waals surface area (Å²) in [7, 11) is 0. The normalized spacial score (nSPS) is 19.0. The van der Waals surface area contributed by atoms with Gasteiger partial charge in [-0.2, -0.15) is 0 Å². The van der Waals surface area contributed by atoms with Crippen molar-refractivity contribution < 1.29 is 47.7 Å². The van der Waals surface area contributed by atoms with Gasteiger partial charge in [0.1, 0.15) is 12.7 Å². The van der Waals surface area contributed by atoms with E-state index in [0.29, 0.717) is 12.0 Å². The highest BCUT2D eigenvalue weighted by Crippen LogP contribution is 2.33. The van der Waals surface area contributed by atoms with Crippen molar-refractivity contribution >= 4 is 29.8 Å². The molecule has 0 unspecified atom stereocenters. The van der Waals surface area contributed by atoms with Crippen LogP contribution >= 0.6 is 0 Å². The van der Waals surface area contributed by atoms with Crippen molar-refractivity contribution in [2.75, 3.05) is 13.2 Å². The van der Waals surface area contributed by atoms with E-state index in [2.05, 4.69) is 0 Å². The van der Waals surface area contributed by atoms with Crippen molar-refractivity contribution in [1.82, 2.24) is 4.90 Å². The Hall–Kier alpha value is -6.59. The van der Waals surface area contributed by atoms with Gasteiger partial charge in [-0.1, -0.05) is 97.9 Å². The minimum atomic E-state index is -1.59. The fourth-order valence-electron chi connectivity index (χ4n) is 6.13. The second kappa shape index (κ2) is 18.4. The zero-order valence-electron chi connectivity index (χ0n) is 30.0. The number of rotatable bonds is 13. The Morgan fingerprint density at radius 2 is 0.855 bits per heavy atom. The first-order valence-corrected chi connectivity index (χ1v) is 17.9. The van der Waals surface area contributed by atoms with Crippen molar-refractivity contribution in [2.45, 2.75) is 44.0 Å². The van der Waals surface area contributed by atoms with Crippen molar-refractivity contribution in [1.29, 1.82) is 0 Å². The minimum Gasteiger partial charge on any atom is -0.459 e. The first-order valence-electron chi connectivity index (χ1n) is 17.9. The number of hydrogen-bond donors (Lipinski definition) is 0. The molecule has 1 aliphatic heterocycles. The predicted molar refractivity (Wildman–Crippen MR) is 200 cm³/mol. The number of nitrogens with zero attached hydrogens (tertiary/aromatic N) is 1. The van der Waals surface area contributed by atoms with Gasteiger partial charge in [0, 0.05) is 12.1 Å². The maximum absolute atomic E-state index is 14.3. The molecule has 280 valence electrons. The van der Waals surface area contributed by atoms with Crippen LogP contribution in [0.4, 0.5) is 0 Å². The number of hydrogen-bond acceptors (Lipinski definition) is 10. The van der Waals surface area contributed by atoms with Gasteiger partial charge >= 0.3 is 23.9 Å². The molecular weight excluding hydrogens is 702 g/mol. The Balaban J connectivity index is 1.47. The summed E-state index contributed by atoms with van der Waals surface area (Å²) in [6.07, 6.45) is -6.99. The van der Waals surface area contributed by atoms with Gasteiger partial charge in [-0.3, -0.25) is 4.79 Å². The summed E-state index contributed by atoms with van der Waals surface area (Å²) in [5.74, 6) is -3.63. The lowest BCUT2D eigenvalue weighted by Crippen LogP contribution is -2.67. The average Bonchev–Trinajstić information content (AvgIpc) is 3.24. The van der Waals surface area contributed by atoms with Crippen molar-refractivity contribution in [3.63, 3.8) is 0 Å². The molecule has 1 saturated heterocycles. The van der Waals surface area contributed by atoms with Crippen LogP contribution in [-0.2, 0) is 23.7 Å². The van der Waals surface area contributed by atoms with E-state index in [-0.39, 0.29) is 28.8 Å². The maximum atomic E-state index is 14.3. The van der Waals surface area contributed by atoms with Crippen LogP contribution in [0.3, 0.4) is 0 Å². The van der Waals surface area contributed by atoms with Gasteiger partial charge in [0.15, 0.2) is 24.5 Å². The molecule has 55 heavy (non-hydrogen) atoms. The Morgan fingerprint density at radius 1 is 0.491 bits per heavy atom. The third-order valence-electron chi connectivity index (χ3n) is 8.81. The molecule has 1 heterocycles. The molecule has 1 amide bonds. The fourth-order valence-corrected chi connectivity index (χ4v) is 6.13. The number of benzene rings is 5. The monoisotopic (exact) mass is 741 g/mol. The number of ether oxygens (including phenoxy) is 5. The summed E-state index contributed by atoms with van der Waals surface area (Å²) in [6.45, 7) is 1.47. The summed E-state index contributed by atoms with van der Waals surface area (Å²) in [4.78, 5) is 70.5. The highest BCUT2D eigenvalue weighted by Gasteiger charge is 2.55. The Bertz CT molecular complexity index is 2050. The maximum Gasteiger partial charge on any atom is 0.338 e. The van der Waals surface area contributed by atoms with Crippen molar-refractivity contribution in [2.24, 2.45) is 0 Å². The van der Waals surface area contributed by atoms with Crippen LogP contribution < -0.4 is 0 Å². The highest BCUT2D eigenvalue weighted by molar-refractivity contribution is 5.95. The molecule has 0 bridgehead atoms. The summed E-state index contributed by atoms with van der Waals surface area (Å²) >= 11 is 0. The van der Waals surface area contributed by atoms with Gasteiger partial charge in [-0.15, -0.1) is 0 Å². The molecule has 0 spiro atoms. The van der Waals surface area contributed by atoms with Gasteiger partial charge in [0.2, 0.25) is 0 Å². The van der Waals surface area contributed by atoms with Gasteiger partial charge in [-0.05, 0) is 67.1 Å². The van der Waals surface area contributed by atoms with E-state index < -0.39 is 67.0 Å².